The number of aromatic nitrogens is 3. The smallest absolute Gasteiger partial charge is 0.287 e. The van der Waals surface area contributed by atoms with E-state index < -0.39 is 4.92 Å². The van der Waals surface area contributed by atoms with Crippen molar-refractivity contribution in [3.05, 3.63) is 58.3 Å². The number of aryl methyl sites for hydroxylation is 1. The second-order valence-corrected chi connectivity index (χ2v) is 6.14. The SMILES string of the molecule is Cc1cc([N+](=O)[O-])cnc1Sc1nnc(-c2cc3ccccc3o2)o1. The van der Waals surface area contributed by atoms with E-state index in [9.17, 15) is 10.1 Å². The number of hydrogen-bond acceptors (Lipinski definition) is 8. The van der Waals surface area contributed by atoms with Gasteiger partial charge in [-0.1, -0.05) is 18.2 Å². The highest BCUT2D eigenvalue weighted by Crippen LogP contribution is 2.32. The molecule has 124 valence electrons. The number of benzene rings is 1. The molecule has 0 aliphatic heterocycles. The standard InChI is InChI=1S/C16H10N4O4S/c1-9-6-11(20(21)22)8-17-15(9)25-16-19-18-14(24-16)13-7-10-4-2-3-5-12(10)23-13/h2-8H,1H3. The van der Waals surface area contributed by atoms with Crippen LogP contribution in [0.1, 0.15) is 5.56 Å². The molecule has 0 amide bonds. The van der Waals surface area contributed by atoms with E-state index in [1.165, 1.54) is 12.3 Å². The van der Waals surface area contributed by atoms with Crippen molar-refractivity contribution in [2.75, 3.05) is 0 Å². The normalized spacial score (nSPS) is 11.1. The molecule has 0 unspecified atom stereocenters. The molecule has 25 heavy (non-hydrogen) atoms. The van der Waals surface area contributed by atoms with Crippen LogP contribution in [0.5, 0.6) is 0 Å². The molecular weight excluding hydrogens is 344 g/mol. The van der Waals surface area contributed by atoms with Crippen molar-refractivity contribution in [3.63, 3.8) is 0 Å². The van der Waals surface area contributed by atoms with Crippen molar-refractivity contribution in [2.45, 2.75) is 17.2 Å². The topological polar surface area (TPSA) is 108 Å². The van der Waals surface area contributed by atoms with Gasteiger partial charge in [-0.2, -0.15) is 0 Å². The average Bonchev–Trinajstić information content (AvgIpc) is 3.22. The lowest BCUT2D eigenvalue weighted by Gasteiger charge is -2.00. The highest BCUT2D eigenvalue weighted by Gasteiger charge is 2.17. The molecular formula is C16H10N4O4S. The van der Waals surface area contributed by atoms with Gasteiger partial charge in [0.2, 0.25) is 0 Å². The Kier molecular flexibility index (Phi) is 3.69. The van der Waals surface area contributed by atoms with Gasteiger partial charge < -0.3 is 8.83 Å². The summed E-state index contributed by atoms with van der Waals surface area (Å²) in [5.74, 6) is 0.743. The Bertz CT molecular complexity index is 1060. The van der Waals surface area contributed by atoms with Gasteiger partial charge in [0.15, 0.2) is 5.76 Å². The number of hydrogen-bond donors (Lipinski definition) is 0. The first-order chi connectivity index (χ1) is 12.1. The average molecular weight is 354 g/mol. The van der Waals surface area contributed by atoms with Crippen LogP contribution in [-0.2, 0) is 0 Å². The third-order valence-electron chi connectivity index (χ3n) is 3.45. The van der Waals surface area contributed by atoms with Crippen LogP contribution < -0.4 is 0 Å². The summed E-state index contributed by atoms with van der Waals surface area (Å²) in [6, 6.07) is 10.9. The molecule has 0 radical (unpaired) electrons. The van der Waals surface area contributed by atoms with E-state index in [0.29, 0.717) is 16.3 Å². The maximum atomic E-state index is 10.8. The molecule has 4 rings (SSSR count). The molecule has 3 heterocycles. The molecule has 0 aliphatic carbocycles. The minimum atomic E-state index is -0.485. The van der Waals surface area contributed by atoms with Gasteiger partial charge in [0.05, 0.1) is 4.92 Å². The highest BCUT2D eigenvalue weighted by atomic mass is 32.2. The number of pyridine rings is 1. The number of nitro groups is 1. The van der Waals surface area contributed by atoms with Crippen LogP contribution in [0, 0.1) is 17.0 Å². The van der Waals surface area contributed by atoms with E-state index in [0.717, 1.165) is 22.7 Å². The van der Waals surface area contributed by atoms with E-state index in [4.69, 9.17) is 8.83 Å². The fourth-order valence-electron chi connectivity index (χ4n) is 2.27. The molecule has 0 saturated carbocycles. The fraction of sp³-hybridized carbons (Fsp3) is 0.0625. The third-order valence-corrected chi connectivity index (χ3v) is 4.41. The number of para-hydroxylation sites is 1. The van der Waals surface area contributed by atoms with Gasteiger partial charge in [0.25, 0.3) is 16.8 Å². The van der Waals surface area contributed by atoms with Crippen molar-refractivity contribution in [1.29, 1.82) is 0 Å². The lowest BCUT2D eigenvalue weighted by molar-refractivity contribution is -0.385. The van der Waals surface area contributed by atoms with E-state index in [-0.39, 0.29) is 16.8 Å². The minimum Gasteiger partial charge on any atom is -0.451 e. The summed E-state index contributed by atoms with van der Waals surface area (Å²) >= 11 is 1.14. The van der Waals surface area contributed by atoms with Gasteiger partial charge >= 0.3 is 0 Å². The molecule has 0 spiro atoms. The van der Waals surface area contributed by atoms with E-state index in [2.05, 4.69) is 15.2 Å². The van der Waals surface area contributed by atoms with E-state index in [1.54, 1.807) is 6.92 Å². The monoisotopic (exact) mass is 354 g/mol. The molecule has 0 atom stereocenters. The minimum absolute atomic E-state index is 0.0599. The van der Waals surface area contributed by atoms with Crippen molar-refractivity contribution < 1.29 is 13.8 Å². The van der Waals surface area contributed by atoms with Crippen LogP contribution in [0.25, 0.3) is 22.6 Å². The fourth-order valence-corrected chi connectivity index (χ4v) is 2.97. The maximum Gasteiger partial charge on any atom is 0.287 e. The molecule has 8 nitrogen and oxygen atoms in total. The summed E-state index contributed by atoms with van der Waals surface area (Å²) in [5, 5.41) is 20.5. The molecule has 4 aromatic rings. The Hall–Kier alpha value is -3.20. The Labute approximate surface area is 145 Å². The Balaban J connectivity index is 1.60. The largest absolute Gasteiger partial charge is 0.451 e. The predicted molar refractivity (Wildman–Crippen MR) is 89.3 cm³/mol. The number of rotatable bonds is 4. The summed E-state index contributed by atoms with van der Waals surface area (Å²) in [7, 11) is 0. The first-order valence-electron chi connectivity index (χ1n) is 7.21. The zero-order chi connectivity index (χ0) is 17.4. The number of nitrogens with zero attached hydrogens (tertiary/aromatic N) is 4. The molecule has 1 aromatic carbocycles. The lowest BCUT2D eigenvalue weighted by atomic mass is 10.2. The van der Waals surface area contributed by atoms with Crippen LogP contribution in [0.15, 0.2) is 61.7 Å². The van der Waals surface area contributed by atoms with Gasteiger partial charge in [-0.25, -0.2) is 4.98 Å². The second-order valence-electron chi connectivity index (χ2n) is 5.20. The molecule has 0 N–H and O–H groups in total. The Morgan fingerprint density at radius 3 is 2.76 bits per heavy atom. The van der Waals surface area contributed by atoms with Crippen molar-refractivity contribution in [2.24, 2.45) is 0 Å². The Morgan fingerprint density at radius 1 is 1.16 bits per heavy atom. The molecule has 0 bridgehead atoms. The van der Waals surface area contributed by atoms with Crippen LogP contribution in [-0.4, -0.2) is 20.1 Å². The second kappa shape index (κ2) is 6.02. The van der Waals surface area contributed by atoms with Crippen molar-refractivity contribution in [3.8, 4) is 11.7 Å². The summed E-state index contributed by atoms with van der Waals surface area (Å²) < 4.78 is 11.3. The van der Waals surface area contributed by atoms with E-state index >= 15 is 0 Å². The maximum absolute atomic E-state index is 10.8. The quantitative estimate of drug-likeness (QED) is 0.395. The first kappa shape index (κ1) is 15.3. The van der Waals surface area contributed by atoms with Gasteiger partial charge in [-0.05, 0) is 36.4 Å². The number of furan rings is 1. The zero-order valence-corrected chi connectivity index (χ0v) is 13.7. The molecule has 3 aromatic heterocycles. The van der Waals surface area contributed by atoms with Gasteiger partial charge in [-0.3, -0.25) is 10.1 Å². The van der Waals surface area contributed by atoms with Gasteiger partial charge in [0.1, 0.15) is 16.8 Å². The van der Waals surface area contributed by atoms with Crippen LogP contribution >= 0.6 is 11.8 Å². The van der Waals surface area contributed by atoms with Crippen LogP contribution in [0.3, 0.4) is 0 Å². The van der Waals surface area contributed by atoms with Crippen molar-refractivity contribution in [1.82, 2.24) is 15.2 Å². The molecule has 0 saturated heterocycles. The summed E-state index contributed by atoms with van der Waals surface area (Å²) in [6.45, 7) is 1.73. The lowest BCUT2D eigenvalue weighted by Crippen LogP contribution is -1.92. The zero-order valence-electron chi connectivity index (χ0n) is 12.9. The first-order valence-corrected chi connectivity index (χ1v) is 8.03. The summed E-state index contributed by atoms with van der Waals surface area (Å²) in [6.07, 6.45) is 1.20. The van der Waals surface area contributed by atoms with Gasteiger partial charge in [0, 0.05) is 11.5 Å². The van der Waals surface area contributed by atoms with Gasteiger partial charge in [-0.15, -0.1) is 10.2 Å². The summed E-state index contributed by atoms with van der Waals surface area (Å²) in [4.78, 5) is 14.4. The van der Waals surface area contributed by atoms with Crippen molar-refractivity contribution >= 4 is 28.4 Å². The van der Waals surface area contributed by atoms with Crippen LogP contribution in [0.2, 0.25) is 0 Å². The summed E-state index contributed by atoms with van der Waals surface area (Å²) in [5.41, 5.74) is 1.33. The highest BCUT2D eigenvalue weighted by molar-refractivity contribution is 7.99. The van der Waals surface area contributed by atoms with E-state index in [1.807, 2.05) is 30.3 Å². The number of fused-ring (bicyclic) bond motifs is 1. The Morgan fingerprint density at radius 2 is 2.00 bits per heavy atom. The van der Waals surface area contributed by atoms with Crippen LogP contribution in [0.4, 0.5) is 5.69 Å². The third kappa shape index (κ3) is 2.96. The molecule has 9 heteroatoms. The molecule has 0 fully saturated rings. The predicted octanol–water partition coefficient (Wildman–Crippen LogP) is 4.25. The molecule has 0 aliphatic rings.